The second-order valence-corrected chi connectivity index (χ2v) is 5.47. The maximum atomic E-state index is 11.8. The van der Waals surface area contributed by atoms with Crippen molar-refractivity contribution in [2.45, 2.75) is 32.7 Å². The van der Waals surface area contributed by atoms with Gasteiger partial charge in [0.1, 0.15) is 0 Å². The van der Waals surface area contributed by atoms with Crippen LogP contribution in [0.1, 0.15) is 34.3 Å². The average molecular weight is 256 g/mol. The molecule has 1 aromatic heterocycles. The quantitative estimate of drug-likeness (QED) is 0.794. The van der Waals surface area contributed by atoms with Gasteiger partial charge in [-0.15, -0.1) is 11.3 Å². The smallest absolute Gasteiger partial charge is 0.261 e. The summed E-state index contributed by atoms with van der Waals surface area (Å²) in [6.45, 7) is 3.98. The van der Waals surface area contributed by atoms with Gasteiger partial charge < -0.3 is 11.1 Å². The molecule has 1 aromatic rings. The minimum absolute atomic E-state index is 0.0346. The molecule has 0 fully saturated rings. The second-order valence-electron chi connectivity index (χ2n) is 3.66. The molecule has 1 unspecified atom stereocenters. The van der Waals surface area contributed by atoms with Crippen LogP contribution in [-0.2, 0) is 0 Å². The summed E-state index contributed by atoms with van der Waals surface area (Å²) in [5.74, 6) is -0.0406. The van der Waals surface area contributed by atoms with Crippen LogP contribution in [0.4, 0.5) is 0 Å². The summed E-state index contributed by atoms with van der Waals surface area (Å²) < 4.78 is 0. The molecule has 16 heavy (non-hydrogen) atoms. The number of nitrogens with one attached hydrogen (secondary N) is 1. The summed E-state index contributed by atoms with van der Waals surface area (Å²) in [6, 6.07) is 3.81. The fourth-order valence-corrected chi connectivity index (χ4v) is 2.33. The van der Waals surface area contributed by atoms with Crippen molar-refractivity contribution in [1.82, 2.24) is 5.32 Å². The van der Waals surface area contributed by atoms with Crippen molar-refractivity contribution >= 4 is 34.5 Å². The fourth-order valence-electron chi connectivity index (χ4n) is 1.35. The van der Waals surface area contributed by atoms with E-state index in [4.69, 9.17) is 18.0 Å². The van der Waals surface area contributed by atoms with Crippen molar-refractivity contribution in [3.8, 4) is 0 Å². The SMILES string of the molecule is CCC(CC(N)=S)NC(=O)c1ccc(C)s1. The van der Waals surface area contributed by atoms with Gasteiger partial charge in [-0.3, -0.25) is 4.79 Å². The summed E-state index contributed by atoms with van der Waals surface area (Å²) >= 11 is 6.33. The van der Waals surface area contributed by atoms with Gasteiger partial charge in [-0.2, -0.15) is 0 Å². The number of hydrogen-bond donors (Lipinski definition) is 2. The fraction of sp³-hybridized carbons (Fsp3) is 0.455. The minimum atomic E-state index is -0.0406. The molecular formula is C11H16N2OS2. The summed E-state index contributed by atoms with van der Waals surface area (Å²) in [7, 11) is 0. The predicted molar refractivity (Wildman–Crippen MR) is 72.0 cm³/mol. The molecule has 88 valence electrons. The highest BCUT2D eigenvalue weighted by Crippen LogP contribution is 2.15. The van der Waals surface area contributed by atoms with E-state index in [1.807, 2.05) is 26.0 Å². The highest BCUT2D eigenvalue weighted by Gasteiger charge is 2.14. The monoisotopic (exact) mass is 256 g/mol. The van der Waals surface area contributed by atoms with Crippen LogP contribution < -0.4 is 11.1 Å². The van der Waals surface area contributed by atoms with E-state index < -0.39 is 0 Å². The van der Waals surface area contributed by atoms with Crippen LogP contribution in [0.5, 0.6) is 0 Å². The number of rotatable bonds is 5. The van der Waals surface area contributed by atoms with E-state index in [2.05, 4.69) is 5.32 Å². The molecule has 0 aliphatic heterocycles. The van der Waals surface area contributed by atoms with Crippen molar-refractivity contribution in [2.24, 2.45) is 5.73 Å². The minimum Gasteiger partial charge on any atom is -0.393 e. The Balaban J connectivity index is 2.58. The van der Waals surface area contributed by atoms with Gasteiger partial charge in [0.05, 0.1) is 9.87 Å². The Morgan fingerprint density at radius 1 is 1.62 bits per heavy atom. The topological polar surface area (TPSA) is 55.1 Å². The Labute approximate surface area is 105 Å². The van der Waals surface area contributed by atoms with Crippen molar-refractivity contribution in [3.63, 3.8) is 0 Å². The largest absolute Gasteiger partial charge is 0.393 e. The van der Waals surface area contributed by atoms with Gasteiger partial charge in [-0.1, -0.05) is 19.1 Å². The molecule has 5 heteroatoms. The van der Waals surface area contributed by atoms with Gasteiger partial charge in [-0.25, -0.2) is 0 Å². The lowest BCUT2D eigenvalue weighted by molar-refractivity contribution is 0.0941. The maximum absolute atomic E-state index is 11.8. The Bertz CT molecular complexity index is 387. The Morgan fingerprint density at radius 3 is 2.75 bits per heavy atom. The Kier molecular flexibility index (Phi) is 4.89. The average Bonchev–Trinajstić information content (AvgIpc) is 2.63. The first kappa shape index (κ1) is 13.1. The number of aryl methyl sites for hydroxylation is 1. The normalized spacial score (nSPS) is 12.1. The van der Waals surface area contributed by atoms with E-state index in [0.29, 0.717) is 11.4 Å². The zero-order valence-corrected chi connectivity index (χ0v) is 11.1. The first-order valence-corrected chi connectivity index (χ1v) is 6.41. The number of amides is 1. The van der Waals surface area contributed by atoms with E-state index in [0.717, 1.165) is 16.2 Å². The first-order valence-electron chi connectivity index (χ1n) is 5.18. The summed E-state index contributed by atoms with van der Waals surface area (Å²) in [6.07, 6.45) is 1.38. The molecule has 3 nitrogen and oxygen atoms in total. The van der Waals surface area contributed by atoms with Gasteiger partial charge >= 0.3 is 0 Å². The molecule has 0 aliphatic rings. The van der Waals surface area contributed by atoms with E-state index in [-0.39, 0.29) is 11.9 Å². The standard InChI is InChI=1S/C11H16N2OS2/c1-3-8(6-10(12)15)13-11(14)9-5-4-7(2)16-9/h4-5,8H,3,6H2,1-2H3,(H2,12,15)(H,13,14). The van der Waals surface area contributed by atoms with Crippen LogP contribution in [0.2, 0.25) is 0 Å². The highest BCUT2D eigenvalue weighted by atomic mass is 32.1. The maximum Gasteiger partial charge on any atom is 0.261 e. The molecule has 0 saturated carbocycles. The number of thiophene rings is 1. The van der Waals surface area contributed by atoms with E-state index in [9.17, 15) is 4.79 Å². The number of nitrogens with two attached hydrogens (primary N) is 1. The number of thiocarbonyl (C=S) groups is 1. The predicted octanol–water partition coefficient (Wildman–Crippen LogP) is 2.24. The van der Waals surface area contributed by atoms with Crippen LogP contribution >= 0.6 is 23.6 Å². The molecule has 0 radical (unpaired) electrons. The molecule has 1 rings (SSSR count). The van der Waals surface area contributed by atoms with Gasteiger partial charge in [-0.05, 0) is 25.5 Å². The van der Waals surface area contributed by atoms with Crippen LogP contribution in [0, 0.1) is 6.92 Å². The van der Waals surface area contributed by atoms with E-state index >= 15 is 0 Å². The molecule has 0 aromatic carbocycles. The molecule has 0 bridgehead atoms. The third kappa shape index (κ3) is 3.90. The second kappa shape index (κ2) is 5.96. The number of hydrogen-bond acceptors (Lipinski definition) is 3. The molecule has 1 amide bonds. The van der Waals surface area contributed by atoms with Crippen LogP contribution in [-0.4, -0.2) is 16.9 Å². The Morgan fingerprint density at radius 2 is 2.31 bits per heavy atom. The molecule has 0 saturated heterocycles. The molecule has 1 atom stereocenters. The van der Waals surface area contributed by atoms with Crippen molar-refractivity contribution < 1.29 is 4.79 Å². The third-order valence-corrected chi connectivity index (χ3v) is 3.41. The first-order chi connectivity index (χ1) is 7.52. The summed E-state index contributed by atoms with van der Waals surface area (Å²) in [5.41, 5.74) is 5.47. The van der Waals surface area contributed by atoms with Crippen LogP contribution in [0.3, 0.4) is 0 Å². The lowest BCUT2D eigenvalue weighted by Gasteiger charge is -2.15. The number of carbonyl (C=O) groups excluding carboxylic acids is 1. The molecule has 0 spiro atoms. The number of carbonyl (C=O) groups is 1. The van der Waals surface area contributed by atoms with Crippen molar-refractivity contribution in [3.05, 3.63) is 21.9 Å². The van der Waals surface area contributed by atoms with Gasteiger partial charge in [0.2, 0.25) is 0 Å². The molecular weight excluding hydrogens is 240 g/mol. The van der Waals surface area contributed by atoms with Gasteiger partial charge in [0, 0.05) is 17.3 Å². The van der Waals surface area contributed by atoms with Gasteiger partial charge in [0.25, 0.3) is 5.91 Å². The summed E-state index contributed by atoms with van der Waals surface area (Å²) in [5, 5.41) is 2.93. The van der Waals surface area contributed by atoms with Crippen molar-refractivity contribution in [2.75, 3.05) is 0 Å². The highest BCUT2D eigenvalue weighted by molar-refractivity contribution is 7.80. The molecule has 0 aliphatic carbocycles. The molecule has 3 N–H and O–H groups in total. The van der Waals surface area contributed by atoms with E-state index in [1.54, 1.807) is 0 Å². The van der Waals surface area contributed by atoms with Crippen molar-refractivity contribution in [1.29, 1.82) is 0 Å². The zero-order chi connectivity index (χ0) is 12.1. The zero-order valence-electron chi connectivity index (χ0n) is 9.45. The van der Waals surface area contributed by atoms with E-state index in [1.165, 1.54) is 11.3 Å². The van der Waals surface area contributed by atoms with Crippen LogP contribution in [0.25, 0.3) is 0 Å². The van der Waals surface area contributed by atoms with Crippen LogP contribution in [0.15, 0.2) is 12.1 Å². The Hall–Kier alpha value is -0.940. The lowest BCUT2D eigenvalue weighted by Crippen LogP contribution is -2.36. The van der Waals surface area contributed by atoms with Gasteiger partial charge in [0.15, 0.2) is 0 Å². The lowest BCUT2D eigenvalue weighted by atomic mass is 10.1. The third-order valence-electron chi connectivity index (χ3n) is 2.24. The summed E-state index contributed by atoms with van der Waals surface area (Å²) in [4.78, 5) is 14.1. The molecule has 1 heterocycles.